The molecule has 0 unspecified atom stereocenters. The van der Waals surface area contributed by atoms with Gasteiger partial charge in [-0.1, -0.05) is 24.9 Å². The van der Waals surface area contributed by atoms with Crippen molar-refractivity contribution in [3.63, 3.8) is 0 Å². The van der Waals surface area contributed by atoms with Crippen LogP contribution in [0.15, 0.2) is 30.6 Å². The minimum atomic E-state index is -0.557. The third-order valence-corrected chi connectivity index (χ3v) is 4.06. The van der Waals surface area contributed by atoms with Gasteiger partial charge < -0.3 is 5.32 Å². The second-order valence-electron chi connectivity index (χ2n) is 5.53. The number of fused-ring (bicyclic) bond motifs is 1. The Hall–Kier alpha value is -2.34. The Morgan fingerprint density at radius 2 is 2.22 bits per heavy atom. The van der Waals surface area contributed by atoms with Crippen LogP contribution in [-0.4, -0.2) is 27.6 Å². The van der Waals surface area contributed by atoms with E-state index in [1.54, 1.807) is 36.1 Å². The topological polar surface area (TPSA) is 67.2 Å². The molecule has 0 saturated heterocycles. The van der Waals surface area contributed by atoms with Crippen molar-refractivity contribution in [1.82, 2.24) is 9.78 Å². The third-order valence-electron chi connectivity index (χ3n) is 3.82. The summed E-state index contributed by atoms with van der Waals surface area (Å²) in [5.41, 5.74) is 1.64. The summed E-state index contributed by atoms with van der Waals surface area (Å²) < 4.78 is 1.56. The van der Waals surface area contributed by atoms with Crippen molar-refractivity contribution in [2.45, 2.75) is 25.8 Å². The van der Waals surface area contributed by atoms with Crippen molar-refractivity contribution in [2.75, 3.05) is 10.2 Å². The summed E-state index contributed by atoms with van der Waals surface area (Å²) in [4.78, 5) is 26.9. The zero-order valence-corrected chi connectivity index (χ0v) is 13.7. The minimum absolute atomic E-state index is 0.182. The highest BCUT2D eigenvalue weighted by atomic mass is 35.5. The molecule has 0 spiro atoms. The lowest BCUT2D eigenvalue weighted by atomic mass is 10.0. The van der Waals surface area contributed by atoms with Crippen molar-refractivity contribution < 1.29 is 9.59 Å². The Balaban J connectivity index is 2.10. The first-order valence-electron chi connectivity index (χ1n) is 7.44. The lowest BCUT2D eigenvalue weighted by molar-refractivity contribution is -0.117. The Morgan fingerprint density at radius 3 is 2.87 bits per heavy atom. The fourth-order valence-electron chi connectivity index (χ4n) is 2.77. The average molecular weight is 333 g/mol. The van der Waals surface area contributed by atoms with Gasteiger partial charge in [-0.2, -0.15) is 5.10 Å². The molecular formula is C16H17ClN4O2. The fraction of sp³-hybridized carbons (Fsp3) is 0.312. The highest BCUT2D eigenvalue weighted by Gasteiger charge is 2.37. The van der Waals surface area contributed by atoms with E-state index in [1.807, 2.05) is 6.92 Å². The molecule has 2 amide bonds. The second-order valence-corrected chi connectivity index (χ2v) is 5.97. The van der Waals surface area contributed by atoms with Gasteiger partial charge in [0.2, 0.25) is 5.91 Å². The summed E-state index contributed by atoms with van der Waals surface area (Å²) in [6, 6.07) is 4.54. The van der Waals surface area contributed by atoms with Gasteiger partial charge >= 0.3 is 0 Å². The predicted molar refractivity (Wildman–Crippen MR) is 88.8 cm³/mol. The molecule has 7 heteroatoms. The van der Waals surface area contributed by atoms with E-state index in [-0.39, 0.29) is 11.8 Å². The number of hydrogen-bond donors (Lipinski definition) is 1. The van der Waals surface area contributed by atoms with Crippen LogP contribution in [0.4, 0.5) is 11.4 Å². The van der Waals surface area contributed by atoms with Crippen molar-refractivity contribution >= 4 is 34.8 Å². The van der Waals surface area contributed by atoms with Crippen molar-refractivity contribution in [2.24, 2.45) is 7.05 Å². The van der Waals surface area contributed by atoms with E-state index in [1.165, 1.54) is 11.1 Å². The summed E-state index contributed by atoms with van der Waals surface area (Å²) in [5, 5.41) is 7.40. The SMILES string of the molecule is CCC[C@H]1C(=O)Nc2ccc(Cl)cc2N1C(=O)c1cnn(C)c1. The number of aromatic nitrogens is 2. The largest absolute Gasteiger partial charge is 0.322 e. The first-order valence-corrected chi connectivity index (χ1v) is 7.81. The Labute approximate surface area is 139 Å². The van der Waals surface area contributed by atoms with Crippen LogP contribution in [0.5, 0.6) is 0 Å². The number of carbonyl (C=O) groups is 2. The number of aryl methyl sites for hydroxylation is 1. The quantitative estimate of drug-likeness (QED) is 0.939. The Bertz CT molecular complexity index is 771. The monoisotopic (exact) mass is 332 g/mol. The molecule has 1 aliphatic heterocycles. The van der Waals surface area contributed by atoms with E-state index in [2.05, 4.69) is 10.4 Å². The van der Waals surface area contributed by atoms with Gasteiger partial charge in [0.15, 0.2) is 0 Å². The number of rotatable bonds is 3. The fourth-order valence-corrected chi connectivity index (χ4v) is 2.93. The molecule has 1 atom stereocenters. The number of anilines is 2. The molecule has 1 N–H and O–H groups in total. The molecule has 0 radical (unpaired) electrons. The minimum Gasteiger partial charge on any atom is -0.322 e. The van der Waals surface area contributed by atoms with Gasteiger partial charge in [-0.3, -0.25) is 19.2 Å². The second kappa shape index (κ2) is 6.04. The first kappa shape index (κ1) is 15.6. The van der Waals surface area contributed by atoms with Crippen LogP contribution in [-0.2, 0) is 11.8 Å². The van der Waals surface area contributed by atoms with Crippen LogP contribution in [0.25, 0.3) is 0 Å². The zero-order valence-electron chi connectivity index (χ0n) is 12.9. The standard InChI is InChI=1S/C16H17ClN4O2/c1-3-4-13-15(22)19-12-6-5-11(17)7-14(12)21(13)16(23)10-8-18-20(2)9-10/h5-9,13H,3-4H2,1-2H3,(H,19,22)/t13-/m0/s1. The van der Waals surface area contributed by atoms with Gasteiger partial charge in [0, 0.05) is 18.3 Å². The average Bonchev–Trinajstić information content (AvgIpc) is 2.95. The molecule has 0 fully saturated rings. The van der Waals surface area contributed by atoms with E-state index in [0.29, 0.717) is 28.4 Å². The van der Waals surface area contributed by atoms with E-state index in [4.69, 9.17) is 11.6 Å². The maximum Gasteiger partial charge on any atom is 0.262 e. The molecule has 0 bridgehead atoms. The van der Waals surface area contributed by atoms with E-state index in [9.17, 15) is 9.59 Å². The maximum atomic E-state index is 13.0. The van der Waals surface area contributed by atoms with Crippen molar-refractivity contribution in [3.05, 3.63) is 41.2 Å². The summed E-state index contributed by atoms with van der Waals surface area (Å²) >= 11 is 6.09. The van der Waals surface area contributed by atoms with Gasteiger partial charge in [-0.15, -0.1) is 0 Å². The van der Waals surface area contributed by atoms with Crippen LogP contribution in [0, 0.1) is 0 Å². The number of nitrogens with one attached hydrogen (secondary N) is 1. The van der Waals surface area contributed by atoms with Crippen LogP contribution in [0.2, 0.25) is 5.02 Å². The molecule has 2 heterocycles. The highest BCUT2D eigenvalue weighted by molar-refractivity contribution is 6.31. The van der Waals surface area contributed by atoms with Gasteiger partial charge in [0.1, 0.15) is 6.04 Å². The number of nitrogens with zero attached hydrogens (tertiary/aromatic N) is 3. The van der Waals surface area contributed by atoms with Crippen LogP contribution >= 0.6 is 11.6 Å². The summed E-state index contributed by atoms with van der Waals surface area (Å²) in [7, 11) is 1.74. The van der Waals surface area contributed by atoms with Gasteiger partial charge in [0.25, 0.3) is 5.91 Å². The number of halogens is 1. The van der Waals surface area contributed by atoms with Gasteiger partial charge in [-0.05, 0) is 24.6 Å². The van der Waals surface area contributed by atoms with E-state index >= 15 is 0 Å². The molecule has 120 valence electrons. The smallest absolute Gasteiger partial charge is 0.262 e. The molecular weight excluding hydrogens is 316 g/mol. The molecule has 6 nitrogen and oxygen atoms in total. The summed E-state index contributed by atoms with van der Waals surface area (Å²) in [6.07, 6.45) is 4.50. The third kappa shape index (κ3) is 2.82. The lowest BCUT2D eigenvalue weighted by Gasteiger charge is -2.36. The molecule has 0 saturated carbocycles. The summed E-state index contributed by atoms with van der Waals surface area (Å²) in [5.74, 6) is -0.436. The van der Waals surface area contributed by atoms with Crippen LogP contribution in [0.3, 0.4) is 0 Å². The van der Waals surface area contributed by atoms with Gasteiger partial charge in [-0.25, -0.2) is 0 Å². The molecule has 2 aromatic rings. The predicted octanol–water partition coefficient (Wildman–Crippen LogP) is 2.84. The number of hydrogen-bond acceptors (Lipinski definition) is 3. The molecule has 23 heavy (non-hydrogen) atoms. The highest BCUT2D eigenvalue weighted by Crippen LogP contribution is 2.36. The van der Waals surface area contributed by atoms with Crippen molar-refractivity contribution in [1.29, 1.82) is 0 Å². The number of benzene rings is 1. The number of amides is 2. The Morgan fingerprint density at radius 1 is 1.43 bits per heavy atom. The van der Waals surface area contributed by atoms with Crippen LogP contribution in [0.1, 0.15) is 30.1 Å². The molecule has 3 rings (SSSR count). The van der Waals surface area contributed by atoms with Crippen LogP contribution < -0.4 is 10.2 Å². The number of carbonyl (C=O) groups excluding carboxylic acids is 2. The van der Waals surface area contributed by atoms with E-state index in [0.717, 1.165) is 6.42 Å². The Kier molecular flexibility index (Phi) is 4.09. The maximum absolute atomic E-state index is 13.0. The molecule has 1 aromatic heterocycles. The first-order chi connectivity index (χ1) is 11.0. The normalized spacial score (nSPS) is 16.9. The molecule has 1 aliphatic rings. The van der Waals surface area contributed by atoms with Crippen molar-refractivity contribution in [3.8, 4) is 0 Å². The molecule has 1 aromatic carbocycles. The summed E-state index contributed by atoms with van der Waals surface area (Å²) in [6.45, 7) is 1.98. The molecule has 0 aliphatic carbocycles. The lowest BCUT2D eigenvalue weighted by Crippen LogP contribution is -2.51. The zero-order chi connectivity index (χ0) is 16.6. The van der Waals surface area contributed by atoms with E-state index < -0.39 is 6.04 Å². The van der Waals surface area contributed by atoms with Gasteiger partial charge in [0.05, 0.1) is 23.1 Å².